The second-order valence-electron chi connectivity index (χ2n) is 7.43. The van der Waals surface area contributed by atoms with E-state index in [0.717, 1.165) is 11.1 Å². The van der Waals surface area contributed by atoms with Crippen LogP contribution in [0.1, 0.15) is 45.6 Å². The second kappa shape index (κ2) is 10.2. The van der Waals surface area contributed by atoms with Crippen LogP contribution in [0.5, 0.6) is 0 Å². The Balaban J connectivity index is 2.60. The SMILES string of the molecule is COCCOC(=O)C1=C(C)CC(C)=C(C(=O)OC(C)C)C1c1cccc([N+](=O)[O-])c1. The van der Waals surface area contributed by atoms with Crippen molar-refractivity contribution in [2.75, 3.05) is 20.3 Å². The molecule has 1 aromatic rings. The molecule has 0 amide bonds. The third-order valence-corrected chi connectivity index (χ3v) is 4.74. The molecular weight excluding hydrogens is 390 g/mol. The molecule has 0 saturated carbocycles. The van der Waals surface area contributed by atoms with Gasteiger partial charge in [-0.25, -0.2) is 9.59 Å². The van der Waals surface area contributed by atoms with E-state index in [9.17, 15) is 19.7 Å². The van der Waals surface area contributed by atoms with Crippen LogP contribution >= 0.6 is 0 Å². The number of carbonyl (C=O) groups is 2. The van der Waals surface area contributed by atoms with E-state index in [-0.39, 0.29) is 25.0 Å². The highest BCUT2D eigenvalue weighted by Crippen LogP contribution is 2.43. The summed E-state index contributed by atoms with van der Waals surface area (Å²) in [6, 6.07) is 5.93. The molecule has 0 heterocycles. The highest BCUT2D eigenvalue weighted by Gasteiger charge is 2.38. The second-order valence-corrected chi connectivity index (χ2v) is 7.43. The van der Waals surface area contributed by atoms with E-state index >= 15 is 0 Å². The number of non-ortho nitro benzene ring substituents is 1. The lowest BCUT2D eigenvalue weighted by molar-refractivity contribution is -0.384. The average molecular weight is 417 g/mol. The highest BCUT2D eigenvalue weighted by atomic mass is 16.6. The lowest BCUT2D eigenvalue weighted by Crippen LogP contribution is -2.28. The van der Waals surface area contributed by atoms with Crippen LogP contribution in [0, 0.1) is 10.1 Å². The van der Waals surface area contributed by atoms with E-state index in [0.29, 0.717) is 23.1 Å². The fourth-order valence-corrected chi connectivity index (χ4v) is 3.53. The number of hydrogen-bond donors (Lipinski definition) is 0. The third-order valence-electron chi connectivity index (χ3n) is 4.74. The molecule has 162 valence electrons. The Labute approximate surface area is 175 Å². The topological polar surface area (TPSA) is 105 Å². The van der Waals surface area contributed by atoms with Gasteiger partial charge in [-0.2, -0.15) is 0 Å². The first-order chi connectivity index (χ1) is 14.2. The molecule has 0 radical (unpaired) electrons. The first-order valence-corrected chi connectivity index (χ1v) is 9.68. The molecule has 1 atom stereocenters. The van der Waals surface area contributed by atoms with Gasteiger partial charge >= 0.3 is 11.9 Å². The van der Waals surface area contributed by atoms with E-state index in [2.05, 4.69) is 0 Å². The molecule has 30 heavy (non-hydrogen) atoms. The Morgan fingerprint density at radius 3 is 2.33 bits per heavy atom. The van der Waals surface area contributed by atoms with Gasteiger partial charge in [0.25, 0.3) is 5.69 Å². The molecule has 1 aliphatic carbocycles. The first kappa shape index (κ1) is 23.3. The van der Waals surface area contributed by atoms with Gasteiger partial charge in [-0.3, -0.25) is 10.1 Å². The van der Waals surface area contributed by atoms with Crippen LogP contribution in [-0.4, -0.2) is 43.3 Å². The summed E-state index contributed by atoms with van der Waals surface area (Å²) in [5.41, 5.74) is 2.44. The van der Waals surface area contributed by atoms with Crippen molar-refractivity contribution in [1.29, 1.82) is 0 Å². The molecule has 8 heteroatoms. The van der Waals surface area contributed by atoms with Gasteiger partial charge in [-0.05, 0) is 39.7 Å². The van der Waals surface area contributed by atoms with Gasteiger partial charge in [-0.15, -0.1) is 0 Å². The average Bonchev–Trinajstić information content (AvgIpc) is 2.66. The van der Waals surface area contributed by atoms with Crippen molar-refractivity contribution in [3.05, 3.63) is 62.2 Å². The number of carbonyl (C=O) groups excluding carboxylic acids is 2. The first-order valence-electron chi connectivity index (χ1n) is 9.68. The maximum atomic E-state index is 12.9. The van der Waals surface area contributed by atoms with Crippen molar-refractivity contribution < 1.29 is 28.7 Å². The monoisotopic (exact) mass is 417 g/mol. The van der Waals surface area contributed by atoms with E-state index in [1.165, 1.54) is 25.3 Å². The van der Waals surface area contributed by atoms with Gasteiger partial charge in [0.2, 0.25) is 0 Å². The summed E-state index contributed by atoms with van der Waals surface area (Å²) in [6.07, 6.45) is 0.0514. The predicted octanol–water partition coefficient (Wildman–Crippen LogP) is 3.86. The normalized spacial score (nSPS) is 16.7. The van der Waals surface area contributed by atoms with Crippen molar-refractivity contribution >= 4 is 17.6 Å². The molecule has 0 fully saturated rings. The summed E-state index contributed by atoms with van der Waals surface area (Å²) < 4.78 is 15.7. The Bertz CT molecular complexity index is 899. The van der Waals surface area contributed by atoms with Crippen molar-refractivity contribution in [1.82, 2.24) is 0 Å². The molecule has 0 aromatic heterocycles. The smallest absolute Gasteiger partial charge is 0.335 e. The molecule has 1 aliphatic rings. The minimum Gasteiger partial charge on any atom is -0.460 e. The predicted molar refractivity (Wildman–Crippen MR) is 110 cm³/mol. The van der Waals surface area contributed by atoms with Crippen LogP contribution in [0.25, 0.3) is 0 Å². The van der Waals surface area contributed by atoms with Crippen LogP contribution < -0.4 is 0 Å². The summed E-state index contributed by atoms with van der Waals surface area (Å²) >= 11 is 0. The quantitative estimate of drug-likeness (QED) is 0.274. The molecule has 0 N–H and O–H groups in total. The summed E-state index contributed by atoms with van der Waals surface area (Å²) in [6.45, 7) is 7.36. The zero-order chi connectivity index (χ0) is 22.4. The molecule has 0 bridgehead atoms. The van der Waals surface area contributed by atoms with Crippen LogP contribution in [0.3, 0.4) is 0 Å². The van der Waals surface area contributed by atoms with Gasteiger partial charge in [0.1, 0.15) is 6.61 Å². The van der Waals surface area contributed by atoms with Crippen LogP contribution in [0.2, 0.25) is 0 Å². The Hall–Kier alpha value is -3.00. The Morgan fingerprint density at radius 1 is 1.13 bits per heavy atom. The maximum absolute atomic E-state index is 12.9. The van der Waals surface area contributed by atoms with Gasteiger partial charge < -0.3 is 14.2 Å². The number of methoxy groups -OCH3 is 1. The van der Waals surface area contributed by atoms with Crippen molar-refractivity contribution in [2.24, 2.45) is 0 Å². The van der Waals surface area contributed by atoms with Crippen molar-refractivity contribution in [3.8, 4) is 0 Å². The summed E-state index contributed by atoms with van der Waals surface area (Å²) in [5, 5.41) is 11.3. The zero-order valence-corrected chi connectivity index (χ0v) is 17.9. The number of nitrogens with zero attached hydrogens (tertiary/aromatic N) is 1. The lowest BCUT2D eigenvalue weighted by atomic mass is 9.75. The maximum Gasteiger partial charge on any atom is 0.335 e. The van der Waals surface area contributed by atoms with Crippen molar-refractivity contribution in [2.45, 2.75) is 46.1 Å². The van der Waals surface area contributed by atoms with Crippen LogP contribution in [0.15, 0.2) is 46.6 Å². The summed E-state index contributed by atoms with van der Waals surface area (Å²) in [4.78, 5) is 36.7. The minimum absolute atomic E-state index is 0.0578. The van der Waals surface area contributed by atoms with Gasteiger partial charge in [0.15, 0.2) is 0 Å². The van der Waals surface area contributed by atoms with Crippen molar-refractivity contribution in [3.63, 3.8) is 0 Å². The van der Waals surface area contributed by atoms with Gasteiger partial charge in [-0.1, -0.05) is 23.3 Å². The fraction of sp³-hybridized carbons (Fsp3) is 0.455. The molecule has 8 nitrogen and oxygen atoms in total. The van der Waals surface area contributed by atoms with E-state index in [1.54, 1.807) is 33.8 Å². The number of nitro groups is 1. The van der Waals surface area contributed by atoms with E-state index in [1.807, 2.05) is 0 Å². The lowest BCUT2D eigenvalue weighted by Gasteiger charge is -2.30. The van der Waals surface area contributed by atoms with E-state index < -0.39 is 22.8 Å². The number of esters is 2. The largest absolute Gasteiger partial charge is 0.460 e. The van der Waals surface area contributed by atoms with Crippen LogP contribution in [0.4, 0.5) is 5.69 Å². The number of allylic oxidation sites excluding steroid dienone is 2. The molecule has 1 unspecified atom stereocenters. The highest BCUT2D eigenvalue weighted by molar-refractivity contribution is 6.00. The molecule has 0 aliphatic heterocycles. The molecule has 1 aromatic carbocycles. The Kier molecular flexibility index (Phi) is 7.88. The molecule has 0 spiro atoms. The molecular formula is C22H27NO7. The van der Waals surface area contributed by atoms with Gasteiger partial charge in [0.05, 0.1) is 17.6 Å². The number of hydrogen-bond acceptors (Lipinski definition) is 7. The minimum atomic E-state index is -0.819. The number of nitro benzene ring substituents is 1. The third kappa shape index (κ3) is 5.33. The number of ether oxygens (including phenoxy) is 3. The molecule has 2 rings (SSSR count). The number of benzene rings is 1. The zero-order valence-electron chi connectivity index (χ0n) is 17.9. The summed E-state index contributed by atoms with van der Waals surface area (Å²) in [7, 11) is 1.50. The van der Waals surface area contributed by atoms with Gasteiger partial charge in [0, 0.05) is 36.3 Å². The standard InChI is InChI=1S/C22H27NO7/c1-13(2)30-22(25)19-15(4)11-14(3)18(21(24)29-10-9-28-5)20(19)16-7-6-8-17(12-16)23(26)27/h6-8,12-13,20H,9-11H2,1-5H3. The van der Waals surface area contributed by atoms with E-state index in [4.69, 9.17) is 14.2 Å². The number of rotatable bonds is 8. The molecule has 0 saturated heterocycles. The fourth-order valence-electron chi connectivity index (χ4n) is 3.53. The summed E-state index contributed by atoms with van der Waals surface area (Å²) in [5.74, 6) is -1.95. The Morgan fingerprint density at radius 2 is 1.77 bits per heavy atom. The van der Waals surface area contributed by atoms with Crippen LogP contribution in [-0.2, 0) is 23.8 Å².